The van der Waals surface area contributed by atoms with Crippen LogP contribution in [0.25, 0.3) is 0 Å². The zero-order valence-corrected chi connectivity index (χ0v) is 11.3. The van der Waals surface area contributed by atoms with Crippen LogP contribution in [0, 0.1) is 5.95 Å². The Bertz CT molecular complexity index is 742. The van der Waals surface area contributed by atoms with E-state index in [9.17, 15) is 17.6 Å². The minimum absolute atomic E-state index is 0.142. The van der Waals surface area contributed by atoms with Crippen molar-refractivity contribution in [3.63, 3.8) is 0 Å². The van der Waals surface area contributed by atoms with Gasteiger partial charge < -0.3 is 5.32 Å². The van der Waals surface area contributed by atoms with Crippen molar-refractivity contribution < 1.29 is 17.6 Å². The molecule has 0 saturated heterocycles. The molecule has 1 aromatic carbocycles. The third-order valence-electron chi connectivity index (χ3n) is 2.54. The number of rotatable bonds is 3. The molecule has 0 aliphatic rings. The number of aromatic nitrogens is 1. The number of anilines is 1. The molecule has 104 valence electrons. The highest BCUT2D eigenvalue weighted by atomic mass is 32.2. The summed E-state index contributed by atoms with van der Waals surface area (Å²) in [4.78, 5) is 15.3. The summed E-state index contributed by atoms with van der Waals surface area (Å²) in [7, 11) is -3.29. The molecule has 1 heterocycles. The summed E-state index contributed by atoms with van der Waals surface area (Å²) in [5.41, 5.74) is 0.186. The first-order valence-corrected chi connectivity index (χ1v) is 7.49. The van der Waals surface area contributed by atoms with Crippen molar-refractivity contribution in [3.8, 4) is 0 Å². The summed E-state index contributed by atoms with van der Waals surface area (Å²) < 4.78 is 35.9. The van der Waals surface area contributed by atoms with Gasteiger partial charge in [-0.05, 0) is 36.4 Å². The van der Waals surface area contributed by atoms with E-state index in [1.54, 1.807) is 0 Å². The molecule has 0 bridgehead atoms. The van der Waals surface area contributed by atoms with Crippen LogP contribution < -0.4 is 5.32 Å². The lowest BCUT2D eigenvalue weighted by molar-refractivity contribution is 0.102. The molecule has 2 aromatic rings. The van der Waals surface area contributed by atoms with Gasteiger partial charge in [-0.2, -0.15) is 4.39 Å². The lowest BCUT2D eigenvalue weighted by Gasteiger charge is -2.06. The fourth-order valence-corrected chi connectivity index (χ4v) is 2.17. The van der Waals surface area contributed by atoms with Crippen molar-refractivity contribution in [2.24, 2.45) is 0 Å². The van der Waals surface area contributed by atoms with E-state index in [1.165, 1.54) is 42.6 Å². The van der Waals surface area contributed by atoms with Gasteiger partial charge in [0, 0.05) is 18.1 Å². The largest absolute Gasteiger partial charge is 0.322 e. The molecule has 0 unspecified atom stereocenters. The monoisotopic (exact) mass is 294 g/mol. The van der Waals surface area contributed by atoms with Crippen molar-refractivity contribution in [2.75, 3.05) is 11.6 Å². The molecule has 0 fully saturated rings. The van der Waals surface area contributed by atoms with Gasteiger partial charge in [-0.15, -0.1) is 0 Å². The van der Waals surface area contributed by atoms with Crippen LogP contribution >= 0.6 is 0 Å². The molecule has 1 aromatic heterocycles. The lowest BCUT2D eigenvalue weighted by Crippen LogP contribution is -2.14. The van der Waals surface area contributed by atoms with Gasteiger partial charge in [0.1, 0.15) is 0 Å². The van der Waals surface area contributed by atoms with Crippen LogP contribution in [0.1, 0.15) is 10.4 Å². The molecule has 2 rings (SSSR count). The second kappa shape index (κ2) is 5.38. The average Bonchev–Trinajstić information content (AvgIpc) is 2.38. The first kappa shape index (κ1) is 14.1. The molecule has 1 amide bonds. The number of hydrogen-bond donors (Lipinski definition) is 1. The maximum absolute atomic E-state index is 13.3. The lowest BCUT2D eigenvalue weighted by atomic mass is 10.2. The SMILES string of the molecule is CS(=O)(=O)c1ccc(NC(=O)c2cccnc2F)cc1. The quantitative estimate of drug-likeness (QED) is 0.877. The van der Waals surface area contributed by atoms with Crippen LogP contribution in [0.5, 0.6) is 0 Å². The van der Waals surface area contributed by atoms with Crippen LogP contribution in [0.3, 0.4) is 0 Å². The minimum Gasteiger partial charge on any atom is -0.322 e. The standard InChI is InChI=1S/C13H11FN2O3S/c1-20(18,19)10-6-4-9(5-7-10)16-13(17)11-3-2-8-15-12(11)14/h2-8H,1H3,(H,16,17). The molecule has 5 nitrogen and oxygen atoms in total. The first-order valence-electron chi connectivity index (χ1n) is 5.60. The molecular weight excluding hydrogens is 283 g/mol. The van der Waals surface area contributed by atoms with E-state index in [2.05, 4.69) is 10.3 Å². The Kier molecular flexibility index (Phi) is 3.80. The predicted octanol–water partition coefficient (Wildman–Crippen LogP) is 1.88. The normalized spacial score (nSPS) is 11.1. The third-order valence-corrected chi connectivity index (χ3v) is 3.67. The van der Waals surface area contributed by atoms with Crippen molar-refractivity contribution in [1.82, 2.24) is 4.98 Å². The molecule has 1 N–H and O–H groups in total. The maximum atomic E-state index is 13.3. The van der Waals surface area contributed by atoms with Crippen LogP contribution in [0.2, 0.25) is 0 Å². The van der Waals surface area contributed by atoms with E-state index in [-0.39, 0.29) is 10.5 Å². The summed E-state index contributed by atoms with van der Waals surface area (Å²) >= 11 is 0. The fraction of sp³-hybridized carbons (Fsp3) is 0.0769. The zero-order valence-electron chi connectivity index (χ0n) is 10.5. The number of nitrogens with zero attached hydrogens (tertiary/aromatic N) is 1. The number of nitrogens with one attached hydrogen (secondary N) is 1. The van der Waals surface area contributed by atoms with Crippen molar-refractivity contribution >= 4 is 21.4 Å². The highest BCUT2D eigenvalue weighted by Crippen LogP contribution is 2.15. The van der Waals surface area contributed by atoms with Crippen LogP contribution in [0.15, 0.2) is 47.5 Å². The van der Waals surface area contributed by atoms with Gasteiger partial charge in [-0.1, -0.05) is 0 Å². The molecule has 0 aliphatic heterocycles. The zero-order chi connectivity index (χ0) is 14.8. The summed E-state index contributed by atoms with van der Waals surface area (Å²) in [5, 5.41) is 2.46. The van der Waals surface area contributed by atoms with Gasteiger partial charge in [0.15, 0.2) is 9.84 Å². The molecular formula is C13H11FN2O3S. The Balaban J connectivity index is 2.19. The van der Waals surface area contributed by atoms with Gasteiger partial charge in [0.05, 0.1) is 10.5 Å². The Hall–Kier alpha value is -2.28. The van der Waals surface area contributed by atoms with Crippen LogP contribution in [-0.2, 0) is 9.84 Å². The molecule has 0 saturated carbocycles. The van der Waals surface area contributed by atoms with Gasteiger partial charge in [-0.25, -0.2) is 13.4 Å². The minimum atomic E-state index is -3.29. The summed E-state index contributed by atoms with van der Waals surface area (Å²) in [5.74, 6) is -1.51. The molecule has 0 spiro atoms. The summed E-state index contributed by atoms with van der Waals surface area (Å²) in [6.07, 6.45) is 2.33. The third kappa shape index (κ3) is 3.18. The highest BCUT2D eigenvalue weighted by Gasteiger charge is 2.12. The summed E-state index contributed by atoms with van der Waals surface area (Å²) in [6.45, 7) is 0. The van der Waals surface area contributed by atoms with E-state index in [0.717, 1.165) is 6.26 Å². The highest BCUT2D eigenvalue weighted by molar-refractivity contribution is 7.90. The van der Waals surface area contributed by atoms with Gasteiger partial charge in [0.25, 0.3) is 5.91 Å². The molecule has 0 atom stereocenters. The number of benzene rings is 1. The molecule has 0 radical (unpaired) electrons. The molecule has 0 aliphatic carbocycles. The predicted molar refractivity (Wildman–Crippen MR) is 71.7 cm³/mol. The number of hydrogen-bond acceptors (Lipinski definition) is 4. The van der Waals surface area contributed by atoms with Crippen molar-refractivity contribution in [3.05, 3.63) is 54.1 Å². The Labute approximate surface area is 115 Å². The first-order chi connectivity index (χ1) is 9.38. The number of carbonyl (C=O) groups is 1. The van der Waals surface area contributed by atoms with Crippen LogP contribution in [0.4, 0.5) is 10.1 Å². The van der Waals surface area contributed by atoms with Gasteiger partial charge >= 0.3 is 0 Å². The second-order valence-electron chi connectivity index (χ2n) is 4.09. The smallest absolute Gasteiger partial charge is 0.260 e. The Morgan fingerprint density at radius 3 is 2.40 bits per heavy atom. The molecule has 20 heavy (non-hydrogen) atoms. The van der Waals surface area contributed by atoms with Gasteiger partial charge in [-0.3, -0.25) is 4.79 Å². The van der Waals surface area contributed by atoms with E-state index in [1.807, 2.05) is 0 Å². The number of halogens is 1. The van der Waals surface area contributed by atoms with E-state index in [4.69, 9.17) is 0 Å². The Morgan fingerprint density at radius 2 is 1.85 bits per heavy atom. The number of amides is 1. The maximum Gasteiger partial charge on any atom is 0.260 e. The van der Waals surface area contributed by atoms with E-state index >= 15 is 0 Å². The topological polar surface area (TPSA) is 76.1 Å². The van der Waals surface area contributed by atoms with E-state index < -0.39 is 21.7 Å². The Morgan fingerprint density at radius 1 is 1.20 bits per heavy atom. The number of carbonyl (C=O) groups excluding carboxylic acids is 1. The average molecular weight is 294 g/mol. The number of sulfone groups is 1. The number of pyridine rings is 1. The van der Waals surface area contributed by atoms with Crippen molar-refractivity contribution in [1.29, 1.82) is 0 Å². The van der Waals surface area contributed by atoms with E-state index in [0.29, 0.717) is 5.69 Å². The van der Waals surface area contributed by atoms with Gasteiger partial charge in [0.2, 0.25) is 5.95 Å². The fourth-order valence-electron chi connectivity index (χ4n) is 1.54. The van der Waals surface area contributed by atoms with Crippen LogP contribution in [-0.4, -0.2) is 25.6 Å². The molecule has 7 heteroatoms. The second-order valence-corrected chi connectivity index (χ2v) is 6.11. The summed E-state index contributed by atoms with van der Waals surface area (Å²) in [6, 6.07) is 8.35. The van der Waals surface area contributed by atoms with Crippen molar-refractivity contribution in [2.45, 2.75) is 4.90 Å².